The number of nitrogens with one attached hydrogen (secondary N) is 2. The first-order chi connectivity index (χ1) is 8.83. The van der Waals surface area contributed by atoms with E-state index in [1.54, 1.807) is 7.11 Å². The number of hydrogen-bond donors (Lipinski definition) is 2. The van der Waals surface area contributed by atoms with E-state index in [0.29, 0.717) is 6.04 Å². The summed E-state index contributed by atoms with van der Waals surface area (Å²) >= 11 is 0. The highest BCUT2D eigenvalue weighted by atomic mass is 16.5. The maximum Gasteiger partial charge on any atom is 0.122 e. The molecule has 0 amide bonds. The summed E-state index contributed by atoms with van der Waals surface area (Å²) in [7, 11) is 1.76. The van der Waals surface area contributed by atoms with E-state index < -0.39 is 0 Å². The molecule has 3 nitrogen and oxygen atoms in total. The minimum absolute atomic E-state index is 0.535. The van der Waals surface area contributed by atoms with Crippen LogP contribution in [0.4, 0.5) is 0 Å². The van der Waals surface area contributed by atoms with Crippen molar-refractivity contribution in [3.8, 4) is 5.75 Å². The molecule has 1 aromatic carbocycles. The molecule has 18 heavy (non-hydrogen) atoms. The molecule has 2 aromatic rings. The van der Waals surface area contributed by atoms with Crippen LogP contribution in [0.25, 0.3) is 10.9 Å². The molecule has 0 bridgehead atoms. The molecule has 1 atom stereocenters. The van der Waals surface area contributed by atoms with E-state index in [1.165, 1.54) is 28.5 Å². The van der Waals surface area contributed by atoms with Gasteiger partial charge in [-0.05, 0) is 43.5 Å². The quantitative estimate of drug-likeness (QED) is 0.867. The number of rotatable bonds is 4. The minimum Gasteiger partial charge on any atom is -0.496 e. The fourth-order valence-electron chi connectivity index (χ4n) is 2.98. The van der Waals surface area contributed by atoms with Crippen LogP contribution in [0, 0.1) is 0 Å². The summed E-state index contributed by atoms with van der Waals surface area (Å²) in [5.74, 6) is 1.02. The zero-order chi connectivity index (χ0) is 12.5. The SMILES string of the molecule is CCCNC1Cc2c[nH]c3ccc(OC)c(c23)C1. The Hall–Kier alpha value is -1.48. The Morgan fingerprint density at radius 2 is 2.28 bits per heavy atom. The van der Waals surface area contributed by atoms with Gasteiger partial charge in [0.15, 0.2) is 0 Å². The molecular weight excluding hydrogens is 224 g/mol. The summed E-state index contributed by atoms with van der Waals surface area (Å²) < 4.78 is 5.51. The Morgan fingerprint density at radius 1 is 1.39 bits per heavy atom. The highest BCUT2D eigenvalue weighted by Crippen LogP contribution is 2.35. The molecule has 1 heterocycles. The van der Waals surface area contributed by atoms with Gasteiger partial charge >= 0.3 is 0 Å². The van der Waals surface area contributed by atoms with Gasteiger partial charge in [0.25, 0.3) is 0 Å². The monoisotopic (exact) mass is 244 g/mol. The number of ether oxygens (including phenoxy) is 1. The summed E-state index contributed by atoms with van der Waals surface area (Å²) in [5, 5.41) is 5.01. The molecule has 3 rings (SSSR count). The Morgan fingerprint density at radius 3 is 3.06 bits per heavy atom. The van der Waals surface area contributed by atoms with Gasteiger partial charge in [-0.3, -0.25) is 0 Å². The predicted octanol–water partition coefficient (Wildman–Crippen LogP) is 2.64. The summed E-state index contributed by atoms with van der Waals surface area (Å²) in [6, 6.07) is 4.72. The van der Waals surface area contributed by atoms with Crippen LogP contribution in [0.5, 0.6) is 5.75 Å². The maximum atomic E-state index is 5.51. The number of H-pyrrole nitrogens is 1. The number of aromatic nitrogens is 1. The van der Waals surface area contributed by atoms with Crippen molar-refractivity contribution in [3.63, 3.8) is 0 Å². The van der Waals surface area contributed by atoms with Gasteiger partial charge in [-0.2, -0.15) is 0 Å². The average molecular weight is 244 g/mol. The summed E-state index contributed by atoms with van der Waals surface area (Å²) in [6.07, 6.45) is 5.50. The van der Waals surface area contributed by atoms with Crippen molar-refractivity contribution in [2.75, 3.05) is 13.7 Å². The largest absolute Gasteiger partial charge is 0.496 e. The minimum atomic E-state index is 0.535. The number of benzene rings is 1. The van der Waals surface area contributed by atoms with E-state index in [4.69, 9.17) is 4.74 Å². The molecule has 0 saturated carbocycles. The summed E-state index contributed by atoms with van der Waals surface area (Å²) in [4.78, 5) is 3.36. The lowest BCUT2D eigenvalue weighted by molar-refractivity contribution is 0.404. The smallest absolute Gasteiger partial charge is 0.122 e. The van der Waals surface area contributed by atoms with Crippen molar-refractivity contribution in [1.29, 1.82) is 0 Å². The Kier molecular flexibility index (Phi) is 3.00. The van der Waals surface area contributed by atoms with Gasteiger partial charge in [-0.25, -0.2) is 0 Å². The second-order valence-corrected chi connectivity index (χ2v) is 5.04. The Balaban J connectivity index is 2.01. The molecule has 0 aliphatic heterocycles. The van der Waals surface area contributed by atoms with E-state index in [0.717, 1.165) is 25.1 Å². The molecule has 1 aromatic heterocycles. The van der Waals surface area contributed by atoms with Crippen molar-refractivity contribution in [3.05, 3.63) is 29.5 Å². The lowest BCUT2D eigenvalue weighted by Crippen LogP contribution is -2.35. The van der Waals surface area contributed by atoms with Gasteiger partial charge in [0, 0.05) is 28.7 Å². The number of methoxy groups -OCH3 is 1. The first kappa shape index (κ1) is 11.6. The van der Waals surface area contributed by atoms with Gasteiger partial charge < -0.3 is 15.0 Å². The second-order valence-electron chi connectivity index (χ2n) is 5.04. The van der Waals surface area contributed by atoms with Crippen molar-refractivity contribution < 1.29 is 4.74 Å². The van der Waals surface area contributed by atoms with Crippen LogP contribution in [0.1, 0.15) is 24.5 Å². The highest BCUT2D eigenvalue weighted by Gasteiger charge is 2.23. The van der Waals surface area contributed by atoms with Crippen LogP contribution in [-0.2, 0) is 12.8 Å². The van der Waals surface area contributed by atoms with Gasteiger partial charge in [-0.1, -0.05) is 6.92 Å². The molecule has 96 valence electrons. The van der Waals surface area contributed by atoms with E-state index in [2.05, 4.69) is 35.6 Å². The standard InChI is InChI=1S/C15H20N2O/c1-3-6-16-11-7-10-9-17-13-4-5-14(18-2)12(8-11)15(10)13/h4-5,9,11,16-17H,3,6-8H2,1-2H3. The van der Waals surface area contributed by atoms with Gasteiger partial charge in [0.2, 0.25) is 0 Å². The molecule has 1 aliphatic carbocycles. The Labute approximate surface area is 108 Å². The average Bonchev–Trinajstić information content (AvgIpc) is 2.81. The van der Waals surface area contributed by atoms with Crippen LogP contribution < -0.4 is 10.1 Å². The zero-order valence-electron chi connectivity index (χ0n) is 11.0. The van der Waals surface area contributed by atoms with Crippen LogP contribution in [0.2, 0.25) is 0 Å². The van der Waals surface area contributed by atoms with E-state index in [-0.39, 0.29) is 0 Å². The zero-order valence-corrected chi connectivity index (χ0v) is 11.0. The third-order valence-electron chi connectivity index (χ3n) is 3.81. The van der Waals surface area contributed by atoms with Crippen molar-refractivity contribution in [1.82, 2.24) is 10.3 Å². The van der Waals surface area contributed by atoms with E-state index in [1.807, 2.05) is 0 Å². The topological polar surface area (TPSA) is 37.0 Å². The predicted molar refractivity (Wildman–Crippen MR) is 74.3 cm³/mol. The second kappa shape index (κ2) is 4.65. The molecule has 3 heteroatoms. The third kappa shape index (κ3) is 1.79. The lowest BCUT2D eigenvalue weighted by atomic mass is 9.88. The van der Waals surface area contributed by atoms with Crippen molar-refractivity contribution in [2.24, 2.45) is 0 Å². The normalized spacial score (nSPS) is 18.2. The first-order valence-corrected chi connectivity index (χ1v) is 6.72. The molecule has 1 aliphatic rings. The molecular formula is C15H20N2O. The highest BCUT2D eigenvalue weighted by molar-refractivity contribution is 5.89. The number of aromatic amines is 1. The van der Waals surface area contributed by atoms with Gasteiger partial charge in [0.1, 0.15) is 5.75 Å². The van der Waals surface area contributed by atoms with Crippen molar-refractivity contribution in [2.45, 2.75) is 32.2 Å². The van der Waals surface area contributed by atoms with Gasteiger partial charge in [0.05, 0.1) is 7.11 Å². The van der Waals surface area contributed by atoms with Gasteiger partial charge in [-0.15, -0.1) is 0 Å². The number of hydrogen-bond acceptors (Lipinski definition) is 2. The first-order valence-electron chi connectivity index (χ1n) is 6.72. The van der Waals surface area contributed by atoms with Crippen LogP contribution in [-0.4, -0.2) is 24.7 Å². The molecule has 0 fully saturated rings. The van der Waals surface area contributed by atoms with Crippen molar-refractivity contribution >= 4 is 10.9 Å². The molecule has 1 unspecified atom stereocenters. The fraction of sp³-hybridized carbons (Fsp3) is 0.467. The molecule has 0 radical (unpaired) electrons. The lowest BCUT2D eigenvalue weighted by Gasteiger charge is -2.25. The summed E-state index contributed by atoms with van der Waals surface area (Å²) in [5.41, 5.74) is 4.00. The molecule has 0 spiro atoms. The fourth-order valence-corrected chi connectivity index (χ4v) is 2.98. The van der Waals surface area contributed by atoms with E-state index in [9.17, 15) is 0 Å². The van der Waals surface area contributed by atoms with Crippen LogP contribution >= 0.6 is 0 Å². The Bertz CT molecular complexity index is 559. The van der Waals surface area contributed by atoms with E-state index >= 15 is 0 Å². The molecule has 2 N–H and O–H groups in total. The maximum absolute atomic E-state index is 5.51. The van der Waals surface area contributed by atoms with Crippen LogP contribution in [0.3, 0.4) is 0 Å². The third-order valence-corrected chi connectivity index (χ3v) is 3.81. The summed E-state index contributed by atoms with van der Waals surface area (Å²) in [6.45, 7) is 3.29. The van der Waals surface area contributed by atoms with Crippen LogP contribution in [0.15, 0.2) is 18.3 Å². The molecule has 0 saturated heterocycles.